The van der Waals surface area contributed by atoms with Gasteiger partial charge < -0.3 is 15.7 Å². The predicted octanol–water partition coefficient (Wildman–Crippen LogP) is 0.646. The van der Waals surface area contributed by atoms with E-state index in [0.29, 0.717) is 11.5 Å². The van der Waals surface area contributed by atoms with Gasteiger partial charge in [-0.15, -0.1) is 0 Å². The fourth-order valence-electron chi connectivity index (χ4n) is 2.62. The second kappa shape index (κ2) is 4.70. The number of hydrogen-bond donors (Lipinski definition) is 2. The number of anilines is 2. The summed E-state index contributed by atoms with van der Waals surface area (Å²) >= 11 is 0. The van der Waals surface area contributed by atoms with Gasteiger partial charge in [-0.2, -0.15) is 0 Å². The fourth-order valence-corrected chi connectivity index (χ4v) is 2.62. The van der Waals surface area contributed by atoms with Crippen molar-refractivity contribution in [2.24, 2.45) is 0 Å². The summed E-state index contributed by atoms with van der Waals surface area (Å²) in [4.78, 5) is 20.0. The van der Waals surface area contributed by atoms with Crippen LogP contribution in [-0.4, -0.2) is 53.2 Å². The Morgan fingerprint density at radius 1 is 1.32 bits per heavy atom. The van der Waals surface area contributed by atoms with Crippen LogP contribution < -0.4 is 10.6 Å². The highest BCUT2D eigenvalue weighted by molar-refractivity contribution is 5.94. The highest BCUT2D eigenvalue weighted by Gasteiger charge is 2.32. The Bertz CT molecular complexity index is 493. The smallest absolute Gasteiger partial charge is 0.339 e. The molecule has 1 aliphatic carbocycles. The van der Waals surface area contributed by atoms with Gasteiger partial charge >= 0.3 is 5.97 Å². The van der Waals surface area contributed by atoms with Gasteiger partial charge in [0, 0.05) is 32.2 Å². The second-order valence-corrected chi connectivity index (χ2v) is 5.20. The number of aromatic carboxylic acids is 1. The zero-order valence-electron chi connectivity index (χ0n) is 10.7. The molecule has 1 saturated heterocycles. The molecular weight excluding hydrogens is 244 g/mol. The number of carboxylic acid groups (broad SMARTS) is 1. The molecule has 19 heavy (non-hydrogen) atoms. The molecule has 0 unspecified atom stereocenters. The Kier molecular flexibility index (Phi) is 3.02. The predicted molar refractivity (Wildman–Crippen MR) is 72.4 cm³/mol. The molecule has 0 atom stereocenters. The molecule has 6 nitrogen and oxygen atoms in total. The summed E-state index contributed by atoms with van der Waals surface area (Å²) < 4.78 is 0. The quantitative estimate of drug-likeness (QED) is 0.832. The monoisotopic (exact) mass is 262 g/mol. The molecule has 1 aromatic heterocycles. The maximum Gasteiger partial charge on any atom is 0.339 e. The minimum absolute atomic E-state index is 0.194. The van der Waals surface area contributed by atoms with E-state index in [-0.39, 0.29) is 5.56 Å². The van der Waals surface area contributed by atoms with Crippen molar-refractivity contribution in [1.82, 2.24) is 9.88 Å². The summed E-state index contributed by atoms with van der Waals surface area (Å²) in [7, 11) is 0. The van der Waals surface area contributed by atoms with E-state index in [1.165, 1.54) is 25.1 Å². The molecule has 2 aliphatic rings. The largest absolute Gasteiger partial charge is 0.478 e. The van der Waals surface area contributed by atoms with Gasteiger partial charge in [0.05, 0.1) is 11.9 Å². The van der Waals surface area contributed by atoms with Crippen molar-refractivity contribution >= 4 is 17.5 Å². The summed E-state index contributed by atoms with van der Waals surface area (Å²) in [6.07, 6.45) is 4.13. The number of nitrogens with two attached hydrogens (primary N) is 1. The van der Waals surface area contributed by atoms with Gasteiger partial charge in [-0.1, -0.05) is 0 Å². The third-order valence-corrected chi connectivity index (χ3v) is 3.80. The molecule has 2 fully saturated rings. The number of hydrogen-bond acceptors (Lipinski definition) is 5. The van der Waals surface area contributed by atoms with E-state index in [9.17, 15) is 9.90 Å². The van der Waals surface area contributed by atoms with Crippen LogP contribution in [0.1, 0.15) is 23.2 Å². The van der Waals surface area contributed by atoms with Gasteiger partial charge in [0.25, 0.3) is 0 Å². The van der Waals surface area contributed by atoms with E-state index < -0.39 is 5.97 Å². The molecule has 0 bridgehead atoms. The molecule has 102 valence electrons. The molecule has 2 heterocycles. The van der Waals surface area contributed by atoms with Gasteiger partial charge in [0.15, 0.2) is 0 Å². The number of nitrogens with zero attached hydrogens (tertiary/aromatic N) is 3. The number of pyridine rings is 1. The van der Waals surface area contributed by atoms with Crippen LogP contribution in [0.5, 0.6) is 0 Å². The zero-order valence-corrected chi connectivity index (χ0v) is 10.7. The highest BCUT2D eigenvalue weighted by atomic mass is 16.4. The van der Waals surface area contributed by atoms with E-state index in [1.807, 2.05) is 4.90 Å². The first-order valence-corrected chi connectivity index (χ1v) is 6.63. The molecule has 3 rings (SSSR count). The first-order chi connectivity index (χ1) is 9.15. The van der Waals surface area contributed by atoms with E-state index in [0.717, 1.165) is 32.2 Å². The van der Waals surface area contributed by atoms with Crippen LogP contribution in [-0.2, 0) is 0 Å². The Hall–Kier alpha value is -1.82. The van der Waals surface area contributed by atoms with Crippen LogP contribution in [0.15, 0.2) is 12.3 Å². The van der Waals surface area contributed by atoms with Gasteiger partial charge in [0.2, 0.25) is 0 Å². The van der Waals surface area contributed by atoms with Gasteiger partial charge in [-0.3, -0.25) is 4.90 Å². The van der Waals surface area contributed by atoms with Crippen molar-refractivity contribution in [3.05, 3.63) is 17.8 Å². The highest BCUT2D eigenvalue weighted by Crippen LogP contribution is 2.29. The van der Waals surface area contributed by atoms with Gasteiger partial charge in [-0.05, 0) is 18.9 Å². The van der Waals surface area contributed by atoms with Crippen LogP contribution in [0.2, 0.25) is 0 Å². The van der Waals surface area contributed by atoms with Crippen molar-refractivity contribution in [2.45, 2.75) is 18.9 Å². The molecule has 0 spiro atoms. The van der Waals surface area contributed by atoms with Crippen molar-refractivity contribution < 1.29 is 9.90 Å². The average Bonchev–Trinajstić information content (AvgIpc) is 3.23. The number of carboxylic acids is 1. The topological polar surface area (TPSA) is 82.7 Å². The lowest BCUT2D eigenvalue weighted by Gasteiger charge is -2.36. The number of piperazine rings is 1. The lowest BCUT2D eigenvalue weighted by molar-refractivity contribution is 0.0697. The summed E-state index contributed by atoms with van der Waals surface area (Å²) in [5.41, 5.74) is 6.19. The minimum Gasteiger partial charge on any atom is -0.478 e. The lowest BCUT2D eigenvalue weighted by atomic mass is 10.2. The van der Waals surface area contributed by atoms with E-state index >= 15 is 0 Å². The summed E-state index contributed by atoms with van der Waals surface area (Å²) in [6.45, 7) is 3.62. The Balaban J connectivity index is 1.77. The van der Waals surface area contributed by atoms with Crippen molar-refractivity contribution in [2.75, 3.05) is 36.8 Å². The number of nitrogen functional groups attached to an aromatic ring is 1. The number of carbonyl (C=O) groups is 1. The maximum atomic E-state index is 11.3. The minimum atomic E-state index is -0.973. The van der Waals surface area contributed by atoms with Crippen molar-refractivity contribution in [3.63, 3.8) is 0 Å². The Morgan fingerprint density at radius 3 is 2.58 bits per heavy atom. The lowest BCUT2D eigenvalue weighted by Crippen LogP contribution is -2.47. The molecule has 6 heteroatoms. The van der Waals surface area contributed by atoms with E-state index in [1.54, 1.807) is 0 Å². The molecule has 0 aromatic carbocycles. The Morgan fingerprint density at radius 2 is 2.00 bits per heavy atom. The van der Waals surface area contributed by atoms with Gasteiger partial charge in [-0.25, -0.2) is 9.78 Å². The molecule has 1 aliphatic heterocycles. The Labute approximate surface area is 111 Å². The average molecular weight is 262 g/mol. The third-order valence-electron chi connectivity index (χ3n) is 3.80. The number of rotatable bonds is 3. The summed E-state index contributed by atoms with van der Waals surface area (Å²) in [5, 5.41) is 9.24. The van der Waals surface area contributed by atoms with E-state index in [2.05, 4.69) is 9.88 Å². The van der Waals surface area contributed by atoms with Crippen LogP contribution in [0.4, 0.5) is 11.5 Å². The van der Waals surface area contributed by atoms with Crippen molar-refractivity contribution in [1.29, 1.82) is 0 Å². The first-order valence-electron chi connectivity index (χ1n) is 6.63. The van der Waals surface area contributed by atoms with Crippen LogP contribution in [0.3, 0.4) is 0 Å². The summed E-state index contributed by atoms with van der Waals surface area (Å²) in [6, 6.07) is 2.25. The van der Waals surface area contributed by atoms with Crippen molar-refractivity contribution in [3.8, 4) is 0 Å². The normalized spacial score (nSPS) is 20.5. The first kappa shape index (κ1) is 12.2. The maximum absolute atomic E-state index is 11.3. The SMILES string of the molecule is Nc1cnc(N2CCN(C3CC3)CC2)c(C(=O)O)c1. The molecule has 1 aromatic rings. The fraction of sp³-hybridized carbons (Fsp3) is 0.538. The third kappa shape index (κ3) is 2.49. The standard InChI is InChI=1S/C13H18N4O2/c14-9-7-11(13(18)19)12(15-8-9)17-5-3-16(4-6-17)10-1-2-10/h7-8,10H,1-6,14H2,(H,18,19). The molecule has 0 radical (unpaired) electrons. The van der Waals surface area contributed by atoms with Crippen LogP contribution >= 0.6 is 0 Å². The number of aromatic nitrogens is 1. The molecule has 3 N–H and O–H groups in total. The molecule has 0 amide bonds. The van der Waals surface area contributed by atoms with Crippen LogP contribution in [0, 0.1) is 0 Å². The van der Waals surface area contributed by atoms with E-state index in [4.69, 9.17) is 5.73 Å². The molecular formula is C13H18N4O2. The summed E-state index contributed by atoms with van der Waals surface area (Å²) in [5.74, 6) is -0.434. The molecule has 1 saturated carbocycles. The second-order valence-electron chi connectivity index (χ2n) is 5.20. The zero-order chi connectivity index (χ0) is 13.4. The van der Waals surface area contributed by atoms with Crippen LogP contribution in [0.25, 0.3) is 0 Å². The van der Waals surface area contributed by atoms with Gasteiger partial charge in [0.1, 0.15) is 11.4 Å².